The van der Waals surface area contributed by atoms with Crippen LogP contribution in [0.3, 0.4) is 0 Å². The normalized spacial score (nSPS) is 9.78. The summed E-state index contributed by atoms with van der Waals surface area (Å²) in [6, 6.07) is 16.6. The SMILES string of the molecule is O=Cc1cccc(OCCOc2ccccc2)c1. The van der Waals surface area contributed by atoms with E-state index in [2.05, 4.69) is 0 Å². The van der Waals surface area contributed by atoms with Crippen LogP contribution in [0.25, 0.3) is 0 Å². The molecule has 0 aliphatic heterocycles. The van der Waals surface area contributed by atoms with E-state index in [0.717, 1.165) is 12.0 Å². The van der Waals surface area contributed by atoms with E-state index in [-0.39, 0.29) is 0 Å². The van der Waals surface area contributed by atoms with Gasteiger partial charge in [0.15, 0.2) is 0 Å². The molecule has 0 bridgehead atoms. The molecule has 18 heavy (non-hydrogen) atoms. The van der Waals surface area contributed by atoms with Crippen LogP contribution in [0.4, 0.5) is 0 Å². The van der Waals surface area contributed by atoms with E-state index in [1.54, 1.807) is 18.2 Å². The summed E-state index contributed by atoms with van der Waals surface area (Å²) in [5, 5.41) is 0. The van der Waals surface area contributed by atoms with E-state index in [1.165, 1.54) is 0 Å². The first kappa shape index (κ1) is 12.2. The Morgan fingerprint density at radius 3 is 2.22 bits per heavy atom. The van der Waals surface area contributed by atoms with Crippen molar-refractivity contribution >= 4 is 6.29 Å². The first-order valence-electron chi connectivity index (χ1n) is 5.74. The van der Waals surface area contributed by atoms with Crippen molar-refractivity contribution in [2.45, 2.75) is 0 Å². The van der Waals surface area contributed by atoms with Crippen molar-refractivity contribution in [2.75, 3.05) is 13.2 Å². The standard InChI is InChI=1S/C15H14O3/c16-12-13-5-4-8-15(11-13)18-10-9-17-14-6-2-1-3-7-14/h1-8,11-12H,9-10H2. The summed E-state index contributed by atoms with van der Waals surface area (Å²) >= 11 is 0. The van der Waals surface area contributed by atoms with Crippen LogP contribution < -0.4 is 9.47 Å². The highest BCUT2D eigenvalue weighted by Crippen LogP contribution is 2.12. The minimum Gasteiger partial charge on any atom is -0.490 e. The lowest BCUT2D eigenvalue weighted by Crippen LogP contribution is -2.08. The Bertz CT molecular complexity index is 494. The largest absolute Gasteiger partial charge is 0.490 e. The van der Waals surface area contributed by atoms with Gasteiger partial charge in [0.05, 0.1) is 0 Å². The quantitative estimate of drug-likeness (QED) is 0.577. The molecule has 0 atom stereocenters. The van der Waals surface area contributed by atoms with Crippen LogP contribution in [-0.4, -0.2) is 19.5 Å². The van der Waals surface area contributed by atoms with Gasteiger partial charge in [-0.2, -0.15) is 0 Å². The molecule has 2 aromatic carbocycles. The first-order valence-corrected chi connectivity index (χ1v) is 5.74. The van der Waals surface area contributed by atoms with Crippen LogP contribution in [0.2, 0.25) is 0 Å². The van der Waals surface area contributed by atoms with Crippen molar-refractivity contribution < 1.29 is 14.3 Å². The van der Waals surface area contributed by atoms with Gasteiger partial charge >= 0.3 is 0 Å². The monoisotopic (exact) mass is 242 g/mol. The molecule has 3 heteroatoms. The number of rotatable bonds is 6. The third-order valence-corrected chi connectivity index (χ3v) is 2.36. The van der Waals surface area contributed by atoms with Crippen molar-refractivity contribution in [1.29, 1.82) is 0 Å². The summed E-state index contributed by atoms with van der Waals surface area (Å²) in [6.45, 7) is 0.909. The van der Waals surface area contributed by atoms with Gasteiger partial charge in [-0.25, -0.2) is 0 Å². The van der Waals surface area contributed by atoms with Gasteiger partial charge < -0.3 is 9.47 Å². The zero-order valence-electron chi connectivity index (χ0n) is 9.91. The molecule has 0 aliphatic carbocycles. The summed E-state index contributed by atoms with van der Waals surface area (Å²) in [5.41, 5.74) is 0.608. The van der Waals surface area contributed by atoms with Crippen molar-refractivity contribution in [2.24, 2.45) is 0 Å². The van der Waals surface area contributed by atoms with Gasteiger partial charge in [-0.15, -0.1) is 0 Å². The Kier molecular flexibility index (Phi) is 4.36. The van der Waals surface area contributed by atoms with E-state index < -0.39 is 0 Å². The van der Waals surface area contributed by atoms with Crippen LogP contribution in [0.5, 0.6) is 11.5 Å². The number of hydrogen-bond donors (Lipinski definition) is 0. The fourth-order valence-corrected chi connectivity index (χ4v) is 1.51. The van der Waals surface area contributed by atoms with Crippen LogP contribution in [0.1, 0.15) is 10.4 Å². The molecule has 0 unspecified atom stereocenters. The maximum atomic E-state index is 10.6. The first-order chi connectivity index (χ1) is 8.88. The topological polar surface area (TPSA) is 35.5 Å². The molecule has 3 nitrogen and oxygen atoms in total. The summed E-state index contributed by atoms with van der Waals surface area (Å²) < 4.78 is 11.0. The average molecular weight is 242 g/mol. The highest BCUT2D eigenvalue weighted by atomic mass is 16.5. The van der Waals surface area contributed by atoms with Gasteiger partial charge in [0.25, 0.3) is 0 Å². The van der Waals surface area contributed by atoms with Gasteiger partial charge in [0.2, 0.25) is 0 Å². The molecule has 0 aliphatic rings. The zero-order chi connectivity index (χ0) is 12.6. The molecular weight excluding hydrogens is 228 g/mol. The minimum atomic E-state index is 0.442. The van der Waals surface area contributed by atoms with Gasteiger partial charge in [-0.1, -0.05) is 30.3 Å². The zero-order valence-corrected chi connectivity index (χ0v) is 9.91. The predicted octanol–water partition coefficient (Wildman–Crippen LogP) is 2.96. The van der Waals surface area contributed by atoms with E-state index in [1.807, 2.05) is 36.4 Å². The van der Waals surface area contributed by atoms with Crippen LogP contribution in [0, 0.1) is 0 Å². The second-order valence-electron chi connectivity index (χ2n) is 3.70. The molecule has 92 valence electrons. The van der Waals surface area contributed by atoms with Crippen LogP contribution >= 0.6 is 0 Å². The average Bonchev–Trinajstić information content (AvgIpc) is 2.45. The number of benzene rings is 2. The summed E-state index contributed by atoms with van der Waals surface area (Å²) in [6.07, 6.45) is 0.799. The molecule has 0 spiro atoms. The molecule has 0 N–H and O–H groups in total. The number of carbonyl (C=O) groups excluding carboxylic acids is 1. The highest BCUT2D eigenvalue weighted by Gasteiger charge is 1.96. The third-order valence-electron chi connectivity index (χ3n) is 2.36. The second-order valence-corrected chi connectivity index (χ2v) is 3.70. The van der Waals surface area contributed by atoms with Crippen LogP contribution in [0.15, 0.2) is 54.6 Å². The Morgan fingerprint density at radius 1 is 0.833 bits per heavy atom. The smallest absolute Gasteiger partial charge is 0.150 e. The molecule has 0 aromatic heterocycles. The summed E-state index contributed by atoms with van der Waals surface area (Å²) in [5.74, 6) is 1.50. The number of ether oxygens (including phenoxy) is 2. The molecule has 0 amide bonds. The number of aldehydes is 1. The van der Waals surface area contributed by atoms with Crippen molar-refractivity contribution in [3.05, 3.63) is 60.2 Å². The van der Waals surface area contributed by atoms with E-state index in [0.29, 0.717) is 24.5 Å². The fourth-order valence-electron chi connectivity index (χ4n) is 1.51. The summed E-state index contributed by atoms with van der Waals surface area (Å²) in [7, 11) is 0. The fraction of sp³-hybridized carbons (Fsp3) is 0.133. The Labute approximate surface area is 106 Å². The maximum absolute atomic E-state index is 10.6. The van der Waals surface area contributed by atoms with Gasteiger partial charge in [-0.3, -0.25) is 4.79 Å². The number of carbonyl (C=O) groups is 1. The predicted molar refractivity (Wildman–Crippen MR) is 69.3 cm³/mol. The lowest BCUT2D eigenvalue weighted by atomic mass is 10.2. The Morgan fingerprint density at radius 2 is 1.50 bits per heavy atom. The minimum absolute atomic E-state index is 0.442. The van der Waals surface area contributed by atoms with Crippen LogP contribution in [-0.2, 0) is 0 Å². The lowest BCUT2D eigenvalue weighted by molar-refractivity contribution is 0.112. The van der Waals surface area contributed by atoms with Crippen molar-refractivity contribution in [1.82, 2.24) is 0 Å². The highest BCUT2D eigenvalue weighted by molar-refractivity contribution is 5.75. The second kappa shape index (κ2) is 6.45. The van der Waals surface area contributed by atoms with E-state index in [9.17, 15) is 4.79 Å². The molecule has 0 saturated carbocycles. The van der Waals surface area contributed by atoms with Crippen molar-refractivity contribution in [3.8, 4) is 11.5 Å². The number of para-hydroxylation sites is 1. The maximum Gasteiger partial charge on any atom is 0.150 e. The molecule has 2 rings (SSSR count). The molecular formula is C15H14O3. The third kappa shape index (κ3) is 3.63. The van der Waals surface area contributed by atoms with Gasteiger partial charge in [-0.05, 0) is 24.3 Å². The van der Waals surface area contributed by atoms with Gasteiger partial charge in [0, 0.05) is 5.56 Å². The molecule has 0 radical (unpaired) electrons. The molecule has 0 heterocycles. The Hall–Kier alpha value is -2.29. The number of hydrogen-bond acceptors (Lipinski definition) is 3. The summed E-state index contributed by atoms with van der Waals surface area (Å²) in [4.78, 5) is 10.6. The molecule has 2 aromatic rings. The molecule has 0 saturated heterocycles. The van der Waals surface area contributed by atoms with E-state index in [4.69, 9.17) is 9.47 Å². The van der Waals surface area contributed by atoms with Gasteiger partial charge in [0.1, 0.15) is 31.0 Å². The van der Waals surface area contributed by atoms with Crippen molar-refractivity contribution in [3.63, 3.8) is 0 Å². The lowest BCUT2D eigenvalue weighted by Gasteiger charge is -2.08. The Balaban J connectivity index is 1.76. The molecule has 0 fully saturated rings. The van der Waals surface area contributed by atoms with E-state index >= 15 is 0 Å².